The Labute approximate surface area is 348 Å². The van der Waals surface area contributed by atoms with Gasteiger partial charge < -0.3 is 26.2 Å². The molecule has 1 aliphatic rings. The summed E-state index contributed by atoms with van der Waals surface area (Å²) in [5, 5.41) is 19.3. The number of carboxylic acids is 1. The minimum atomic E-state index is -1.18. The zero-order valence-electron chi connectivity index (χ0n) is 36.0. The quantitative estimate of drug-likeness (QED) is 0.0291. The van der Waals surface area contributed by atoms with E-state index < -0.39 is 53.1 Å². The molecule has 1 aliphatic heterocycles. The average Bonchev–Trinajstić information content (AvgIpc) is 3.63. The lowest BCUT2D eigenvalue weighted by atomic mass is 9.80. The van der Waals surface area contributed by atoms with Crippen LogP contribution in [0.2, 0.25) is 0 Å². The summed E-state index contributed by atoms with van der Waals surface area (Å²) in [4.78, 5) is 80.4. The second-order valence-corrected chi connectivity index (χ2v) is 17.7. The molecule has 0 spiro atoms. The van der Waals surface area contributed by atoms with E-state index in [0.29, 0.717) is 23.5 Å². The van der Waals surface area contributed by atoms with Crippen molar-refractivity contribution in [3.8, 4) is 0 Å². The fraction of sp³-hybridized carbons (Fsp3) is 0.674. The van der Waals surface area contributed by atoms with Crippen LogP contribution in [0.25, 0.3) is 0 Å². The first-order valence-corrected chi connectivity index (χ1v) is 21.7. The Balaban J connectivity index is 1.94. The number of nitrogen functional groups attached to an aromatic ring is 1. The van der Waals surface area contributed by atoms with Gasteiger partial charge in [-0.25, -0.2) is 10.0 Å². The van der Waals surface area contributed by atoms with Gasteiger partial charge in [-0.05, 0) is 95.5 Å². The number of hydrogen-bond acceptors (Lipinski definition) is 11. The number of nitrogens with zero attached hydrogens (tertiary/aromatic N) is 3. The maximum absolute atomic E-state index is 14.8. The minimum Gasteiger partial charge on any atom is -0.481 e. The van der Waals surface area contributed by atoms with Crippen molar-refractivity contribution in [2.24, 2.45) is 29.1 Å². The zero-order chi connectivity index (χ0) is 43.2. The number of aromatic nitrogens is 1. The van der Waals surface area contributed by atoms with Crippen LogP contribution >= 0.6 is 11.3 Å². The van der Waals surface area contributed by atoms with Gasteiger partial charge in [0.05, 0.1) is 24.2 Å². The van der Waals surface area contributed by atoms with Crippen LogP contribution in [0.3, 0.4) is 0 Å². The molecule has 0 saturated carbocycles. The van der Waals surface area contributed by atoms with Crippen molar-refractivity contribution >= 4 is 52.5 Å². The van der Waals surface area contributed by atoms with E-state index >= 15 is 0 Å². The highest BCUT2D eigenvalue weighted by atomic mass is 32.1. The number of carbonyl (C=O) groups excluding carboxylic acids is 4. The summed E-state index contributed by atoms with van der Waals surface area (Å²) in [5.74, 6) is -4.71. The van der Waals surface area contributed by atoms with Gasteiger partial charge in [0.2, 0.25) is 11.8 Å². The monoisotopic (exact) mass is 828 g/mol. The largest absolute Gasteiger partial charge is 0.481 e. The number of amides is 3. The molecule has 1 saturated heterocycles. The number of nitrogens with one attached hydrogen (secondary N) is 2. The Morgan fingerprint density at radius 1 is 1.07 bits per heavy atom. The van der Waals surface area contributed by atoms with Crippen molar-refractivity contribution in [1.29, 1.82) is 0 Å². The number of nitrogens with two attached hydrogens (primary N) is 1. The third-order valence-corrected chi connectivity index (χ3v) is 12.0. The Hall–Kier alpha value is -4.08. The number of ether oxygens (including phenoxy) is 1. The molecular formula is C43H68N6O8S. The van der Waals surface area contributed by atoms with Gasteiger partial charge >= 0.3 is 11.9 Å². The lowest BCUT2D eigenvalue weighted by Gasteiger charge is -2.38. The first-order chi connectivity index (χ1) is 27.4. The number of esters is 1. The van der Waals surface area contributed by atoms with Gasteiger partial charge in [0.15, 0.2) is 6.10 Å². The topological polar surface area (TPSA) is 193 Å². The normalized spacial score (nSPS) is 17.4. The second kappa shape index (κ2) is 22.9. The second-order valence-electron chi connectivity index (χ2n) is 16.8. The Kier molecular flexibility index (Phi) is 19.1. The highest BCUT2D eigenvalue weighted by Crippen LogP contribution is 2.35. The van der Waals surface area contributed by atoms with Gasteiger partial charge in [0.1, 0.15) is 16.7 Å². The highest BCUT2D eigenvalue weighted by Gasteiger charge is 2.42. The summed E-state index contributed by atoms with van der Waals surface area (Å²) in [6.07, 6.45) is 5.39. The minimum absolute atomic E-state index is 0.0663. The first kappa shape index (κ1) is 48.3. The molecule has 0 radical (unpaired) electrons. The molecule has 0 bridgehead atoms. The Bertz CT molecular complexity index is 1650. The lowest BCUT2D eigenvalue weighted by molar-refractivity contribution is -0.215. The van der Waals surface area contributed by atoms with E-state index in [2.05, 4.69) is 27.4 Å². The number of rotatable bonds is 23. The number of carboxylic acid groups (broad SMARTS) is 1. The lowest BCUT2D eigenvalue weighted by Crippen LogP contribution is -2.55. The van der Waals surface area contributed by atoms with Crippen molar-refractivity contribution in [3.63, 3.8) is 0 Å². The van der Waals surface area contributed by atoms with E-state index in [1.807, 2.05) is 46.9 Å². The molecule has 3 rings (SSSR count). The van der Waals surface area contributed by atoms with Crippen molar-refractivity contribution in [3.05, 3.63) is 40.2 Å². The number of unbranched alkanes of at least 4 members (excludes halogenated alkanes) is 2. The van der Waals surface area contributed by atoms with Crippen LogP contribution < -0.4 is 16.4 Å². The van der Waals surface area contributed by atoms with E-state index in [1.54, 1.807) is 31.4 Å². The Morgan fingerprint density at radius 2 is 1.76 bits per heavy atom. The molecule has 58 heavy (non-hydrogen) atoms. The average molecular weight is 829 g/mol. The standard InChI is InChI=1S/C43H68N6O8S/c1-10-12-15-22-56-49(41(53)37(28(5)11-2)39(52)47-36-16-13-14-21-48(36)9)33(27(3)4)24-34(57-29(6)50)40-46-35(26-58-40)45-38(51)31(25-43(7,8)42(54)55)23-30-17-19-32(44)20-18-30/h17-20,26-28,31,33-34,36-37H,10-16,21-25,44H2,1-9H3,(H,45,51)(H,47,52)(H,54,55)/t28-,31-,33+,34+,36+,37-/m0/s1. The number of piperidine rings is 1. The van der Waals surface area contributed by atoms with Crippen LogP contribution in [0, 0.1) is 29.1 Å². The van der Waals surface area contributed by atoms with E-state index in [0.717, 1.165) is 44.2 Å². The van der Waals surface area contributed by atoms with Gasteiger partial charge in [-0.2, -0.15) is 0 Å². The van der Waals surface area contributed by atoms with Crippen LogP contribution in [-0.4, -0.2) is 82.1 Å². The zero-order valence-corrected chi connectivity index (χ0v) is 36.9. The molecule has 1 fully saturated rings. The van der Waals surface area contributed by atoms with Gasteiger partial charge in [0.25, 0.3) is 5.91 Å². The van der Waals surface area contributed by atoms with E-state index in [4.69, 9.17) is 15.3 Å². The number of hydroxylamine groups is 2. The third-order valence-electron chi connectivity index (χ3n) is 11.1. The van der Waals surface area contributed by atoms with E-state index in [9.17, 15) is 29.1 Å². The maximum Gasteiger partial charge on any atom is 0.309 e. The molecule has 0 aliphatic carbocycles. The maximum atomic E-state index is 14.8. The van der Waals surface area contributed by atoms with Crippen molar-refractivity contribution in [1.82, 2.24) is 20.3 Å². The molecule has 2 heterocycles. The smallest absolute Gasteiger partial charge is 0.309 e. The predicted molar refractivity (Wildman–Crippen MR) is 226 cm³/mol. The molecule has 15 heteroatoms. The fourth-order valence-electron chi connectivity index (χ4n) is 7.21. The molecule has 1 aromatic carbocycles. The summed E-state index contributed by atoms with van der Waals surface area (Å²) in [6.45, 7) is 15.5. The third kappa shape index (κ3) is 14.3. The van der Waals surface area contributed by atoms with Crippen LogP contribution in [-0.2, 0) is 40.0 Å². The van der Waals surface area contributed by atoms with Crippen LogP contribution in [0.15, 0.2) is 29.6 Å². The highest BCUT2D eigenvalue weighted by molar-refractivity contribution is 7.10. The first-order valence-electron chi connectivity index (χ1n) is 20.9. The van der Waals surface area contributed by atoms with Crippen molar-refractivity contribution in [2.75, 3.05) is 31.2 Å². The molecule has 1 aromatic heterocycles. The summed E-state index contributed by atoms with van der Waals surface area (Å²) in [6, 6.07) is 6.47. The number of aliphatic carboxylic acids is 1. The number of benzene rings is 1. The summed E-state index contributed by atoms with van der Waals surface area (Å²) < 4.78 is 5.87. The number of anilines is 2. The Morgan fingerprint density at radius 3 is 2.34 bits per heavy atom. The summed E-state index contributed by atoms with van der Waals surface area (Å²) in [7, 11) is 1.98. The van der Waals surface area contributed by atoms with Crippen LogP contribution in [0.5, 0.6) is 0 Å². The van der Waals surface area contributed by atoms with Crippen LogP contribution in [0.4, 0.5) is 11.5 Å². The van der Waals surface area contributed by atoms with Crippen LogP contribution in [0.1, 0.15) is 130 Å². The van der Waals surface area contributed by atoms with Gasteiger partial charge in [-0.3, -0.25) is 33.7 Å². The number of carbonyl (C=O) groups is 5. The molecular weight excluding hydrogens is 761 g/mol. The molecule has 14 nitrogen and oxygen atoms in total. The molecule has 324 valence electrons. The SMILES string of the molecule is CCCCCON(C(=O)[C@H](C(=O)N[C@H]1CCCCN1C)[C@@H](C)CC)[C@H](C[C@@H](OC(C)=O)c1nc(NC(=O)[C@@H](Cc2ccc(N)cc2)CC(C)(C)C(=O)O)cs1)C(C)C. The number of thiazole rings is 1. The molecule has 2 aromatic rings. The number of hydrogen-bond donors (Lipinski definition) is 4. The van der Waals surface area contributed by atoms with Gasteiger partial charge in [-0.15, -0.1) is 11.3 Å². The molecule has 5 N–H and O–H groups in total. The summed E-state index contributed by atoms with van der Waals surface area (Å²) in [5.41, 5.74) is 6.09. The van der Waals surface area contributed by atoms with Gasteiger partial charge in [0, 0.05) is 30.3 Å². The van der Waals surface area contributed by atoms with E-state index in [1.165, 1.54) is 23.3 Å². The molecule has 3 amide bonds. The van der Waals surface area contributed by atoms with Crippen molar-refractivity contribution in [2.45, 2.75) is 138 Å². The fourth-order valence-corrected chi connectivity index (χ4v) is 8.01. The van der Waals surface area contributed by atoms with Crippen molar-refractivity contribution < 1.29 is 38.7 Å². The van der Waals surface area contributed by atoms with Gasteiger partial charge in [-0.1, -0.05) is 66.0 Å². The number of likely N-dealkylation sites (tertiary alicyclic amines) is 1. The molecule has 6 atom stereocenters. The molecule has 0 unspecified atom stereocenters. The predicted octanol–water partition coefficient (Wildman–Crippen LogP) is 7.21. The van der Waals surface area contributed by atoms with E-state index in [-0.39, 0.29) is 55.6 Å². The summed E-state index contributed by atoms with van der Waals surface area (Å²) >= 11 is 1.19.